The third kappa shape index (κ3) is 2.30. The van der Waals surface area contributed by atoms with Crippen molar-refractivity contribution in [1.29, 1.82) is 0 Å². The molecule has 0 radical (unpaired) electrons. The molecule has 0 aliphatic carbocycles. The summed E-state index contributed by atoms with van der Waals surface area (Å²) in [5.41, 5.74) is -2.64. The number of hydrogen-bond acceptors (Lipinski definition) is 4. The van der Waals surface area contributed by atoms with Gasteiger partial charge in [-0.3, -0.25) is 9.59 Å². The first kappa shape index (κ1) is 17.1. The summed E-state index contributed by atoms with van der Waals surface area (Å²) in [4.78, 5) is 48.0. The molecular formula is C14H21NO6. The van der Waals surface area contributed by atoms with Crippen LogP contribution in [0.1, 0.15) is 41.0 Å². The van der Waals surface area contributed by atoms with Crippen molar-refractivity contribution in [1.82, 2.24) is 4.90 Å². The van der Waals surface area contributed by atoms with Crippen LogP contribution in [-0.2, 0) is 19.2 Å². The van der Waals surface area contributed by atoms with Crippen LogP contribution in [0.4, 0.5) is 0 Å². The zero-order chi connectivity index (χ0) is 16.7. The summed E-state index contributed by atoms with van der Waals surface area (Å²) >= 11 is 0. The smallest absolute Gasteiger partial charge is 0.329 e. The van der Waals surface area contributed by atoms with Gasteiger partial charge in [-0.1, -0.05) is 27.7 Å². The SMILES string of the molecule is CCC(C)(C)C(=O)C(=O)N1C(C(=O)O)C(C)C1(C)C(=O)O. The third-order valence-corrected chi connectivity index (χ3v) is 4.74. The van der Waals surface area contributed by atoms with E-state index < -0.39 is 46.5 Å². The minimum Gasteiger partial charge on any atom is -0.480 e. The Hall–Kier alpha value is -1.92. The molecule has 7 heteroatoms. The Labute approximate surface area is 122 Å². The van der Waals surface area contributed by atoms with Crippen LogP contribution in [0.2, 0.25) is 0 Å². The van der Waals surface area contributed by atoms with Crippen molar-refractivity contribution in [3.63, 3.8) is 0 Å². The van der Waals surface area contributed by atoms with Crippen LogP contribution in [0.25, 0.3) is 0 Å². The Morgan fingerprint density at radius 1 is 1.19 bits per heavy atom. The van der Waals surface area contributed by atoms with Gasteiger partial charge in [-0.05, 0) is 13.3 Å². The maximum absolute atomic E-state index is 12.4. The van der Waals surface area contributed by atoms with Gasteiger partial charge >= 0.3 is 11.9 Å². The molecule has 0 spiro atoms. The standard InChI is InChI=1S/C14H21NO6/c1-6-13(3,4)9(16)10(17)15-8(11(18)19)7(2)14(15,5)12(20)21/h7-8H,6H2,1-5H3,(H,18,19)(H,20,21). The number of amides is 1. The zero-order valence-electron chi connectivity index (χ0n) is 12.8. The summed E-state index contributed by atoms with van der Waals surface area (Å²) in [5.74, 6) is -5.22. The van der Waals surface area contributed by atoms with Crippen LogP contribution in [0.15, 0.2) is 0 Å². The summed E-state index contributed by atoms with van der Waals surface area (Å²) in [6, 6.07) is -1.30. The Bertz CT molecular complexity index is 512. The lowest BCUT2D eigenvalue weighted by atomic mass is 9.68. The Morgan fingerprint density at radius 3 is 2.00 bits per heavy atom. The summed E-state index contributed by atoms with van der Waals surface area (Å²) < 4.78 is 0. The fraction of sp³-hybridized carbons (Fsp3) is 0.714. The molecule has 0 aromatic carbocycles. The van der Waals surface area contributed by atoms with Crippen LogP contribution in [0.3, 0.4) is 0 Å². The van der Waals surface area contributed by atoms with Gasteiger partial charge in [0.2, 0.25) is 5.78 Å². The highest BCUT2D eigenvalue weighted by Crippen LogP contribution is 2.43. The molecule has 1 fully saturated rings. The monoisotopic (exact) mass is 299 g/mol. The second-order valence-corrected chi connectivity index (χ2v) is 6.27. The fourth-order valence-electron chi connectivity index (χ4n) is 2.48. The van der Waals surface area contributed by atoms with Gasteiger partial charge in [-0.25, -0.2) is 9.59 Å². The average molecular weight is 299 g/mol. The number of nitrogens with zero attached hydrogens (tertiary/aromatic N) is 1. The lowest BCUT2D eigenvalue weighted by Gasteiger charge is -2.56. The van der Waals surface area contributed by atoms with Crippen molar-refractivity contribution in [2.45, 2.75) is 52.6 Å². The van der Waals surface area contributed by atoms with Crippen LogP contribution in [0, 0.1) is 11.3 Å². The van der Waals surface area contributed by atoms with E-state index >= 15 is 0 Å². The summed E-state index contributed by atoms with van der Waals surface area (Å²) in [5, 5.41) is 18.5. The predicted octanol–water partition coefficient (Wildman–Crippen LogP) is 0.767. The highest BCUT2D eigenvalue weighted by Gasteiger charge is 2.66. The first-order chi connectivity index (χ1) is 9.42. The molecule has 1 amide bonds. The third-order valence-electron chi connectivity index (χ3n) is 4.74. The topological polar surface area (TPSA) is 112 Å². The molecular weight excluding hydrogens is 278 g/mol. The Morgan fingerprint density at radius 2 is 1.67 bits per heavy atom. The van der Waals surface area contributed by atoms with Gasteiger partial charge in [0, 0.05) is 11.3 Å². The van der Waals surface area contributed by atoms with E-state index in [9.17, 15) is 29.4 Å². The lowest BCUT2D eigenvalue weighted by Crippen LogP contribution is -2.78. The quantitative estimate of drug-likeness (QED) is 0.725. The number of carbonyl (C=O) groups is 4. The van der Waals surface area contributed by atoms with E-state index in [1.165, 1.54) is 13.8 Å². The van der Waals surface area contributed by atoms with Crippen molar-refractivity contribution in [2.75, 3.05) is 0 Å². The average Bonchev–Trinajstić information content (AvgIpc) is 2.40. The molecule has 1 saturated heterocycles. The number of aliphatic carboxylic acids is 2. The molecule has 0 aromatic rings. The number of carboxylic acid groups (broad SMARTS) is 2. The summed E-state index contributed by atoms with van der Waals surface area (Å²) in [7, 11) is 0. The molecule has 1 aliphatic rings. The van der Waals surface area contributed by atoms with Crippen molar-refractivity contribution in [2.24, 2.45) is 11.3 Å². The number of carboxylic acids is 2. The van der Waals surface area contributed by atoms with Crippen molar-refractivity contribution in [3.05, 3.63) is 0 Å². The van der Waals surface area contributed by atoms with Gasteiger partial charge in [0.1, 0.15) is 11.6 Å². The van der Waals surface area contributed by atoms with Gasteiger partial charge in [0.15, 0.2) is 0 Å². The maximum atomic E-state index is 12.4. The van der Waals surface area contributed by atoms with E-state index in [0.29, 0.717) is 11.3 Å². The number of hydrogen-bond donors (Lipinski definition) is 2. The minimum absolute atomic E-state index is 0.391. The van der Waals surface area contributed by atoms with Crippen LogP contribution in [0.5, 0.6) is 0 Å². The summed E-state index contributed by atoms with van der Waals surface area (Å²) in [6.45, 7) is 7.60. The predicted molar refractivity (Wildman–Crippen MR) is 72.6 cm³/mol. The van der Waals surface area contributed by atoms with E-state index in [0.717, 1.165) is 0 Å². The molecule has 7 nitrogen and oxygen atoms in total. The van der Waals surface area contributed by atoms with E-state index in [2.05, 4.69) is 0 Å². The van der Waals surface area contributed by atoms with E-state index in [-0.39, 0.29) is 0 Å². The highest BCUT2D eigenvalue weighted by atomic mass is 16.4. The molecule has 0 saturated carbocycles. The molecule has 0 bridgehead atoms. The first-order valence-electron chi connectivity index (χ1n) is 6.77. The summed E-state index contributed by atoms with van der Waals surface area (Å²) in [6.07, 6.45) is 0.391. The van der Waals surface area contributed by atoms with E-state index in [1.807, 2.05) is 0 Å². The van der Waals surface area contributed by atoms with Gasteiger partial charge in [0.25, 0.3) is 5.91 Å². The van der Waals surface area contributed by atoms with Crippen LogP contribution in [-0.4, -0.2) is 50.3 Å². The molecule has 2 N–H and O–H groups in total. The van der Waals surface area contributed by atoms with Crippen LogP contribution >= 0.6 is 0 Å². The highest BCUT2D eigenvalue weighted by molar-refractivity contribution is 6.39. The lowest BCUT2D eigenvalue weighted by molar-refractivity contribution is -0.199. The molecule has 3 unspecified atom stereocenters. The van der Waals surface area contributed by atoms with Gasteiger partial charge < -0.3 is 15.1 Å². The fourth-order valence-corrected chi connectivity index (χ4v) is 2.48. The van der Waals surface area contributed by atoms with E-state index in [4.69, 9.17) is 0 Å². The van der Waals surface area contributed by atoms with Crippen molar-refractivity contribution < 1.29 is 29.4 Å². The number of ketones is 1. The van der Waals surface area contributed by atoms with Crippen molar-refractivity contribution in [3.8, 4) is 0 Å². The number of rotatable bonds is 5. The Kier molecular flexibility index (Phi) is 4.18. The number of Topliss-reactive ketones (excluding diaryl/α,β-unsaturated/α-hetero) is 1. The van der Waals surface area contributed by atoms with Crippen LogP contribution < -0.4 is 0 Å². The number of likely N-dealkylation sites (tertiary alicyclic amines) is 1. The molecule has 21 heavy (non-hydrogen) atoms. The molecule has 0 aromatic heterocycles. The first-order valence-corrected chi connectivity index (χ1v) is 6.77. The second kappa shape index (κ2) is 5.13. The normalized spacial score (nSPS) is 28.7. The maximum Gasteiger partial charge on any atom is 0.329 e. The molecule has 118 valence electrons. The molecule has 1 rings (SSSR count). The Balaban J connectivity index is 3.23. The van der Waals surface area contributed by atoms with Gasteiger partial charge in [0.05, 0.1) is 0 Å². The minimum atomic E-state index is -1.68. The second-order valence-electron chi connectivity index (χ2n) is 6.27. The molecule has 1 aliphatic heterocycles. The van der Waals surface area contributed by atoms with Gasteiger partial charge in [-0.15, -0.1) is 0 Å². The molecule has 1 heterocycles. The van der Waals surface area contributed by atoms with Gasteiger partial charge in [-0.2, -0.15) is 0 Å². The molecule has 3 atom stereocenters. The zero-order valence-corrected chi connectivity index (χ0v) is 12.8. The number of carbonyl (C=O) groups excluding carboxylic acids is 2. The van der Waals surface area contributed by atoms with E-state index in [1.54, 1.807) is 20.8 Å². The van der Waals surface area contributed by atoms with Crippen molar-refractivity contribution >= 4 is 23.6 Å². The largest absolute Gasteiger partial charge is 0.480 e.